The molecule has 3 aromatic heterocycles. The molecule has 0 saturated heterocycles. The number of nitrogens with one attached hydrogen (secondary N) is 1. The topological polar surface area (TPSA) is 108 Å². The molecule has 1 amide bonds. The second-order valence-corrected chi connectivity index (χ2v) is 7.44. The van der Waals surface area contributed by atoms with Crippen LogP contribution in [0.1, 0.15) is 31.3 Å². The Morgan fingerprint density at radius 3 is 2.60 bits per heavy atom. The Kier molecular flexibility index (Phi) is 4.94. The Labute approximate surface area is 172 Å². The highest BCUT2D eigenvalue weighted by Crippen LogP contribution is 2.24. The van der Waals surface area contributed by atoms with Crippen LogP contribution in [0.3, 0.4) is 0 Å². The van der Waals surface area contributed by atoms with Gasteiger partial charge in [-0.3, -0.25) is 13.9 Å². The number of carbonyl (C=O) groups excluding carboxylic acids is 1. The summed E-state index contributed by atoms with van der Waals surface area (Å²) in [6.45, 7) is 7.35. The van der Waals surface area contributed by atoms with Gasteiger partial charge in [0.25, 0.3) is 0 Å². The van der Waals surface area contributed by atoms with Crippen molar-refractivity contribution in [3.05, 3.63) is 58.5 Å². The van der Waals surface area contributed by atoms with E-state index in [0.29, 0.717) is 28.6 Å². The van der Waals surface area contributed by atoms with Crippen LogP contribution in [0.4, 0.5) is 5.82 Å². The zero-order valence-corrected chi connectivity index (χ0v) is 17.2. The number of carbonyl (C=O) groups is 1. The summed E-state index contributed by atoms with van der Waals surface area (Å²) in [5.41, 5.74) is 2.80. The number of anilines is 1. The van der Waals surface area contributed by atoms with E-state index in [1.165, 1.54) is 4.57 Å². The molecule has 3 heterocycles. The maximum atomic E-state index is 13.1. The average Bonchev–Trinajstić information content (AvgIpc) is 3.25. The maximum Gasteiger partial charge on any atom is 0.329 e. The second kappa shape index (κ2) is 7.58. The first-order valence-electron chi connectivity index (χ1n) is 9.61. The van der Waals surface area contributed by atoms with Crippen molar-refractivity contribution in [2.24, 2.45) is 0 Å². The largest absolute Gasteiger partial charge is 0.339 e. The molecule has 4 rings (SSSR count). The maximum absolute atomic E-state index is 13.1. The van der Waals surface area contributed by atoms with Crippen molar-refractivity contribution in [2.75, 3.05) is 5.32 Å². The van der Waals surface area contributed by atoms with Gasteiger partial charge in [-0.05, 0) is 50.6 Å². The molecule has 1 aromatic carbocycles. The Morgan fingerprint density at radius 1 is 1.17 bits per heavy atom. The van der Waals surface area contributed by atoms with E-state index in [4.69, 9.17) is 4.52 Å². The number of benzene rings is 1. The summed E-state index contributed by atoms with van der Waals surface area (Å²) in [6, 6.07) is 9.00. The van der Waals surface area contributed by atoms with E-state index < -0.39 is 0 Å². The number of aromatic nitrogens is 5. The van der Waals surface area contributed by atoms with Gasteiger partial charge in [0.05, 0.1) is 11.0 Å². The van der Waals surface area contributed by atoms with Crippen LogP contribution in [0.15, 0.2) is 45.8 Å². The fourth-order valence-electron chi connectivity index (χ4n) is 3.35. The van der Waals surface area contributed by atoms with Gasteiger partial charge >= 0.3 is 5.69 Å². The van der Waals surface area contributed by atoms with Gasteiger partial charge in [-0.15, -0.1) is 0 Å². The lowest BCUT2D eigenvalue weighted by molar-refractivity contribution is -0.116. The van der Waals surface area contributed by atoms with Crippen molar-refractivity contribution in [1.29, 1.82) is 0 Å². The summed E-state index contributed by atoms with van der Waals surface area (Å²) in [7, 11) is 0. The van der Waals surface area contributed by atoms with Gasteiger partial charge in [-0.2, -0.15) is 4.98 Å². The van der Waals surface area contributed by atoms with E-state index in [9.17, 15) is 9.59 Å². The normalized spacial score (nSPS) is 11.4. The Bertz CT molecular complexity index is 1280. The lowest BCUT2D eigenvalue weighted by Crippen LogP contribution is -2.30. The number of amides is 1. The monoisotopic (exact) mass is 406 g/mol. The zero-order valence-electron chi connectivity index (χ0n) is 17.2. The molecule has 9 heteroatoms. The molecular formula is C21H22N6O3. The van der Waals surface area contributed by atoms with Gasteiger partial charge in [-0.25, -0.2) is 9.78 Å². The Hall–Kier alpha value is -3.75. The number of nitrogens with zero attached hydrogens (tertiary/aromatic N) is 5. The number of rotatable bonds is 5. The van der Waals surface area contributed by atoms with E-state index in [1.54, 1.807) is 29.8 Å². The van der Waals surface area contributed by atoms with E-state index in [2.05, 4.69) is 20.4 Å². The zero-order chi connectivity index (χ0) is 21.4. The minimum atomic E-state index is -0.336. The third-order valence-electron chi connectivity index (χ3n) is 4.75. The van der Waals surface area contributed by atoms with Crippen LogP contribution in [0.2, 0.25) is 0 Å². The van der Waals surface area contributed by atoms with Crippen LogP contribution in [0, 0.1) is 13.8 Å². The van der Waals surface area contributed by atoms with Crippen molar-refractivity contribution < 1.29 is 9.32 Å². The molecule has 0 unspecified atom stereocenters. The van der Waals surface area contributed by atoms with Crippen molar-refractivity contribution >= 4 is 22.8 Å². The molecule has 0 bridgehead atoms. The van der Waals surface area contributed by atoms with Crippen molar-refractivity contribution in [1.82, 2.24) is 24.3 Å². The van der Waals surface area contributed by atoms with Gasteiger partial charge in [0.1, 0.15) is 12.4 Å². The minimum absolute atomic E-state index is 0.0682. The molecule has 0 fully saturated rings. The average molecular weight is 406 g/mol. The molecule has 0 aliphatic carbocycles. The predicted molar refractivity (Wildman–Crippen MR) is 112 cm³/mol. The third-order valence-corrected chi connectivity index (χ3v) is 4.75. The SMILES string of the molecule is Cc1ccc(NC(=O)Cn2c(=O)n(C(C)C)c3ccc(-c4noc(C)n4)cc32)nc1. The van der Waals surface area contributed by atoms with Crippen LogP contribution in [0.25, 0.3) is 22.4 Å². The van der Waals surface area contributed by atoms with Crippen LogP contribution in [0.5, 0.6) is 0 Å². The third kappa shape index (κ3) is 3.61. The number of hydrogen-bond acceptors (Lipinski definition) is 6. The Balaban J connectivity index is 1.75. The van der Waals surface area contributed by atoms with E-state index in [-0.39, 0.29) is 24.2 Å². The van der Waals surface area contributed by atoms with Gasteiger partial charge < -0.3 is 9.84 Å². The van der Waals surface area contributed by atoms with Gasteiger partial charge in [0.15, 0.2) is 0 Å². The summed E-state index contributed by atoms with van der Waals surface area (Å²) in [6.07, 6.45) is 1.67. The lowest BCUT2D eigenvalue weighted by atomic mass is 10.2. The predicted octanol–water partition coefficient (Wildman–Crippen LogP) is 3.08. The Morgan fingerprint density at radius 2 is 1.97 bits per heavy atom. The molecule has 0 atom stereocenters. The minimum Gasteiger partial charge on any atom is -0.339 e. The first-order valence-corrected chi connectivity index (χ1v) is 9.61. The van der Waals surface area contributed by atoms with E-state index in [1.807, 2.05) is 39.0 Å². The molecule has 30 heavy (non-hydrogen) atoms. The summed E-state index contributed by atoms with van der Waals surface area (Å²) >= 11 is 0. The molecule has 154 valence electrons. The van der Waals surface area contributed by atoms with Crippen LogP contribution in [-0.2, 0) is 11.3 Å². The quantitative estimate of drug-likeness (QED) is 0.546. The molecule has 0 aliphatic rings. The molecular weight excluding hydrogens is 384 g/mol. The standard InChI is InChI=1S/C21H22N6O3/c1-12(2)27-16-7-6-15(20-23-14(4)30-25-20)9-17(16)26(21(27)29)11-19(28)24-18-8-5-13(3)10-22-18/h5-10,12H,11H2,1-4H3,(H,22,24,28). The first kappa shape index (κ1) is 19.6. The first-order chi connectivity index (χ1) is 14.3. The van der Waals surface area contributed by atoms with Gasteiger partial charge in [0.2, 0.25) is 17.6 Å². The fourth-order valence-corrected chi connectivity index (χ4v) is 3.35. The summed E-state index contributed by atoms with van der Waals surface area (Å²) in [5.74, 6) is 0.984. The molecule has 0 spiro atoms. The fraction of sp³-hybridized carbons (Fsp3) is 0.286. The van der Waals surface area contributed by atoms with Crippen molar-refractivity contribution in [3.63, 3.8) is 0 Å². The molecule has 0 aliphatic heterocycles. The number of pyridine rings is 1. The molecule has 9 nitrogen and oxygen atoms in total. The van der Waals surface area contributed by atoms with Crippen LogP contribution >= 0.6 is 0 Å². The van der Waals surface area contributed by atoms with Crippen LogP contribution < -0.4 is 11.0 Å². The highest BCUT2D eigenvalue weighted by Gasteiger charge is 2.19. The lowest BCUT2D eigenvalue weighted by Gasteiger charge is -2.06. The number of imidazole rings is 1. The van der Waals surface area contributed by atoms with Crippen molar-refractivity contribution in [3.8, 4) is 11.4 Å². The van der Waals surface area contributed by atoms with Gasteiger partial charge in [-0.1, -0.05) is 11.2 Å². The van der Waals surface area contributed by atoms with E-state index in [0.717, 1.165) is 11.1 Å². The highest BCUT2D eigenvalue weighted by molar-refractivity contribution is 5.91. The number of fused-ring (bicyclic) bond motifs is 1. The van der Waals surface area contributed by atoms with Gasteiger partial charge in [0, 0.05) is 24.7 Å². The van der Waals surface area contributed by atoms with Crippen molar-refractivity contribution in [2.45, 2.75) is 40.3 Å². The number of hydrogen-bond donors (Lipinski definition) is 1. The molecule has 4 aromatic rings. The number of aryl methyl sites for hydroxylation is 2. The van der Waals surface area contributed by atoms with Crippen LogP contribution in [-0.4, -0.2) is 30.2 Å². The molecule has 0 radical (unpaired) electrons. The molecule has 1 N–H and O–H groups in total. The second-order valence-electron chi connectivity index (χ2n) is 7.44. The van der Waals surface area contributed by atoms with E-state index >= 15 is 0 Å². The smallest absolute Gasteiger partial charge is 0.329 e. The summed E-state index contributed by atoms with van der Waals surface area (Å²) in [5, 5.41) is 6.68. The summed E-state index contributed by atoms with van der Waals surface area (Å²) in [4.78, 5) is 34.2. The summed E-state index contributed by atoms with van der Waals surface area (Å²) < 4.78 is 8.18. The molecule has 0 saturated carbocycles. The highest BCUT2D eigenvalue weighted by atomic mass is 16.5.